The molecule has 1 aromatic carbocycles. The van der Waals surface area contributed by atoms with Gasteiger partial charge in [-0.15, -0.1) is 16.4 Å². The van der Waals surface area contributed by atoms with Crippen molar-refractivity contribution in [1.29, 1.82) is 0 Å². The minimum atomic E-state index is -0.239. The molecule has 1 aliphatic heterocycles. The third-order valence-electron chi connectivity index (χ3n) is 3.48. The Hall–Kier alpha value is -2.94. The van der Waals surface area contributed by atoms with Crippen LogP contribution < -0.4 is 14.8 Å². The molecule has 0 aliphatic carbocycles. The number of ether oxygens (including phenoxy) is 2. The number of nitrogens with zero attached hydrogens (tertiary/aromatic N) is 4. The number of fused-ring (bicyclic) bond motifs is 1. The summed E-state index contributed by atoms with van der Waals surface area (Å²) in [6.45, 7) is 2.75. The highest BCUT2D eigenvalue weighted by atomic mass is 32.1. The molecule has 0 unspecified atom stereocenters. The van der Waals surface area contributed by atoms with E-state index in [1.807, 2.05) is 12.1 Å². The van der Waals surface area contributed by atoms with E-state index in [2.05, 4.69) is 20.8 Å². The normalized spacial score (nSPS) is 12.9. The molecular formula is C15H13N5O3S. The van der Waals surface area contributed by atoms with Crippen molar-refractivity contribution in [2.45, 2.75) is 6.92 Å². The van der Waals surface area contributed by atoms with E-state index in [1.54, 1.807) is 29.1 Å². The Balaban J connectivity index is 1.58. The summed E-state index contributed by atoms with van der Waals surface area (Å²) in [6.07, 6.45) is 0. The number of rotatable bonds is 3. The summed E-state index contributed by atoms with van der Waals surface area (Å²) >= 11 is 1.30. The zero-order valence-electron chi connectivity index (χ0n) is 12.7. The predicted molar refractivity (Wildman–Crippen MR) is 87.2 cm³/mol. The Bertz CT molecular complexity index is 904. The molecule has 0 spiro atoms. The topological polar surface area (TPSA) is 91.2 Å². The molecule has 24 heavy (non-hydrogen) atoms. The zero-order valence-corrected chi connectivity index (χ0v) is 13.5. The van der Waals surface area contributed by atoms with Crippen LogP contribution in [0, 0.1) is 6.92 Å². The SMILES string of the molecule is Cc1nnnn1-c1cccc(NC(=O)c2scc3c2OCCO3)c1. The van der Waals surface area contributed by atoms with Crippen molar-refractivity contribution in [3.8, 4) is 17.2 Å². The first-order chi connectivity index (χ1) is 11.7. The van der Waals surface area contributed by atoms with Crippen LogP contribution in [0.2, 0.25) is 0 Å². The Morgan fingerprint density at radius 1 is 1.33 bits per heavy atom. The molecule has 9 heteroatoms. The molecule has 0 saturated heterocycles. The second kappa shape index (κ2) is 5.93. The zero-order chi connectivity index (χ0) is 16.5. The van der Waals surface area contributed by atoms with Crippen LogP contribution in [-0.4, -0.2) is 39.3 Å². The van der Waals surface area contributed by atoms with Gasteiger partial charge in [-0.25, -0.2) is 0 Å². The molecule has 0 radical (unpaired) electrons. The van der Waals surface area contributed by atoms with Gasteiger partial charge in [-0.05, 0) is 35.5 Å². The van der Waals surface area contributed by atoms with Gasteiger partial charge in [0, 0.05) is 11.1 Å². The Morgan fingerprint density at radius 3 is 3.04 bits per heavy atom. The standard InChI is InChI=1S/C15H13N5O3S/c1-9-17-18-19-20(9)11-4-2-3-10(7-11)16-15(21)14-13-12(8-24-14)22-5-6-23-13/h2-4,7-8H,5-6H2,1H3,(H,16,21). The van der Waals surface area contributed by atoms with E-state index in [0.717, 1.165) is 5.69 Å². The summed E-state index contributed by atoms with van der Waals surface area (Å²) in [5.74, 6) is 1.55. The number of carbonyl (C=O) groups excluding carboxylic acids is 1. The molecule has 3 heterocycles. The maximum atomic E-state index is 12.5. The van der Waals surface area contributed by atoms with Crippen LogP contribution in [-0.2, 0) is 0 Å². The minimum Gasteiger partial charge on any atom is -0.485 e. The number of hydrogen-bond acceptors (Lipinski definition) is 7. The first kappa shape index (κ1) is 14.6. The molecule has 8 nitrogen and oxygen atoms in total. The lowest BCUT2D eigenvalue weighted by Crippen LogP contribution is -2.17. The lowest BCUT2D eigenvalue weighted by atomic mass is 10.2. The van der Waals surface area contributed by atoms with Crippen molar-refractivity contribution in [2.24, 2.45) is 0 Å². The first-order valence-corrected chi connectivity index (χ1v) is 8.14. The monoisotopic (exact) mass is 343 g/mol. The van der Waals surface area contributed by atoms with Crippen molar-refractivity contribution in [2.75, 3.05) is 18.5 Å². The number of benzene rings is 1. The molecule has 0 saturated carbocycles. The lowest BCUT2D eigenvalue weighted by Gasteiger charge is -2.15. The second-order valence-corrected chi connectivity index (χ2v) is 5.98. The largest absolute Gasteiger partial charge is 0.485 e. The molecular weight excluding hydrogens is 330 g/mol. The number of aryl methyl sites for hydroxylation is 1. The molecule has 0 atom stereocenters. The van der Waals surface area contributed by atoms with Crippen LogP contribution in [0.15, 0.2) is 29.6 Å². The van der Waals surface area contributed by atoms with Gasteiger partial charge in [-0.1, -0.05) is 6.07 Å². The average Bonchev–Trinajstić information content (AvgIpc) is 3.21. The fourth-order valence-electron chi connectivity index (χ4n) is 2.39. The summed E-state index contributed by atoms with van der Waals surface area (Å²) in [5.41, 5.74) is 1.41. The summed E-state index contributed by atoms with van der Waals surface area (Å²) < 4.78 is 12.6. The Labute approximate surface area is 141 Å². The van der Waals surface area contributed by atoms with E-state index in [0.29, 0.717) is 41.1 Å². The van der Waals surface area contributed by atoms with E-state index >= 15 is 0 Å². The van der Waals surface area contributed by atoms with Crippen LogP contribution in [0.4, 0.5) is 5.69 Å². The summed E-state index contributed by atoms with van der Waals surface area (Å²) in [5, 5.41) is 16.1. The number of carbonyl (C=O) groups is 1. The van der Waals surface area contributed by atoms with E-state index in [4.69, 9.17) is 9.47 Å². The fourth-order valence-corrected chi connectivity index (χ4v) is 3.22. The molecule has 4 rings (SSSR count). The molecule has 0 bridgehead atoms. The van der Waals surface area contributed by atoms with Crippen molar-refractivity contribution >= 4 is 22.9 Å². The van der Waals surface area contributed by atoms with Crippen LogP contribution >= 0.6 is 11.3 Å². The van der Waals surface area contributed by atoms with Crippen LogP contribution in [0.3, 0.4) is 0 Å². The van der Waals surface area contributed by atoms with Crippen LogP contribution in [0.25, 0.3) is 5.69 Å². The number of amides is 1. The third kappa shape index (κ3) is 2.58. The lowest BCUT2D eigenvalue weighted by molar-refractivity contribution is 0.102. The summed E-state index contributed by atoms with van der Waals surface area (Å²) in [6, 6.07) is 7.30. The molecule has 3 aromatic rings. The number of anilines is 1. The van der Waals surface area contributed by atoms with Gasteiger partial charge in [0.05, 0.1) is 5.69 Å². The third-order valence-corrected chi connectivity index (χ3v) is 4.42. The van der Waals surface area contributed by atoms with E-state index in [-0.39, 0.29) is 5.91 Å². The van der Waals surface area contributed by atoms with E-state index < -0.39 is 0 Å². The van der Waals surface area contributed by atoms with Gasteiger partial charge in [-0.3, -0.25) is 4.79 Å². The van der Waals surface area contributed by atoms with E-state index in [9.17, 15) is 4.79 Å². The van der Waals surface area contributed by atoms with Gasteiger partial charge >= 0.3 is 0 Å². The maximum Gasteiger partial charge on any atom is 0.269 e. The van der Waals surface area contributed by atoms with Crippen molar-refractivity contribution in [3.05, 3.63) is 40.3 Å². The molecule has 0 fully saturated rings. The maximum absolute atomic E-state index is 12.5. The fraction of sp³-hybridized carbons (Fsp3) is 0.200. The molecule has 2 aromatic heterocycles. The van der Waals surface area contributed by atoms with Gasteiger partial charge < -0.3 is 14.8 Å². The second-order valence-electron chi connectivity index (χ2n) is 5.10. The molecule has 1 amide bonds. The Morgan fingerprint density at radius 2 is 2.21 bits per heavy atom. The van der Waals surface area contributed by atoms with Gasteiger partial charge in [0.2, 0.25) is 0 Å². The number of nitrogens with one attached hydrogen (secondary N) is 1. The van der Waals surface area contributed by atoms with Crippen LogP contribution in [0.5, 0.6) is 11.5 Å². The van der Waals surface area contributed by atoms with Gasteiger partial charge in [0.25, 0.3) is 5.91 Å². The highest BCUT2D eigenvalue weighted by Crippen LogP contribution is 2.39. The van der Waals surface area contributed by atoms with E-state index in [1.165, 1.54) is 11.3 Å². The van der Waals surface area contributed by atoms with Crippen LogP contribution in [0.1, 0.15) is 15.5 Å². The minimum absolute atomic E-state index is 0.239. The first-order valence-electron chi connectivity index (χ1n) is 7.26. The van der Waals surface area contributed by atoms with Crippen molar-refractivity contribution in [3.63, 3.8) is 0 Å². The Kier molecular flexibility index (Phi) is 3.62. The summed E-state index contributed by atoms with van der Waals surface area (Å²) in [4.78, 5) is 13.0. The quantitative estimate of drug-likeness (QED) is 0.783. The number of aromatic nitrogens is 4. The number of hydrogen-bond donors (Lipinski definition) is 1. The average molecular weight is 343 g/mol. The summed E-state index contributed by atoms with van der Waals surface area (Å²) in [7, 11) is 0. The molecule has 122 valence electrons. The number of thiophene rings is 1. The predicted octanol–water partition coefficient (Wildman–Crippen LogP) is 2.06. The van der Waals surface area contributed by atoms with Gasteiger partial charge in [0.15, 0.2) is 17.3 Å². The smallest absolute Gasteiger partial charge is 0.269 e. The van der Waals surface area contributed by atoms with Crippen molar-refractivity contribution in [1.82, 2.24) is 20.2 Å². The highest BCUT2D eigenvalue weighted by Gasteiger charge is 2.23. The highest BCUT2D eigenvalue weighted by molar-refractivity contribution is 7.13. The van der Waals surface area contributed by atoms with Gasteiger partial charge in [-0.2, -0.15) is 4.68 Å². The van der Waals surface area contributed by atoms with Gasteiger partial charge in [0.1, 0.15) is 18.1 Å². The molecule has 1 aliphatic rings. The van der Waals surface area contributed by atoms with Crippen molar-refractivity contribution < 1.29 is 14.3 Å². The molecule has 1 N–H and O–H groups in total. The number of tetrazole rings is 1.